The summed E-state index contributed by atoms with van der Waals surface area (Å²) >= 11 is 1.06. The van der Waals surface area contributed by atoms with Crippen molar-refractivity contribution in [3.05, 3.63) is 65.0 Å². The number of ether oxygens (including phenoxy) is 2. The van der Waals surface area contributed by atoms with Crippen LogP contribution in [0.25, 0.3) is 0 Å². The summed E-state index contributed by atoms with van der Waals surface area (Å²) in [4.78, 5) is 12.1. The number of halogens is 3. The number of nitrogens with zero attached hydrogens (tertiary/aromatic N) is 2. The van der Waals surface area contributed by atoms with Crippen molar-refractivity contribution in [2.75, 3.05) is 20.3 Å². The number of methoxy groups -OCH3 is 1. The third-order valence-electron chi connectivity index (χ3n) is 5.66. The number of carbonyl (C=O) groups excluding carboxylic acids is 1. The predicted molar refractivity (Wildman–Crippen MR) is 115 cm³/mol. The van der Waals surface area contributed by atoms with E-state index < -0.39 is 40.3 Å². The number of hydrogen-bond acceptors (Lipinski definition) is 6. The average Bonchev–Trinajstić information content (AvgIpc) is 3.17. The van der Waals surface area contributed by atoms with Crippen molar-refractivity contribution >= 4 is 22.7 Å². The quantitative estimate of drug-likeness (QED) is 0.731. The van der Waals surface area contributed by atoms with Gasteiger partial charge in [-0.2, -0.15) is 5.10 Å². The zero-order chi connectivity index (χ0) is 23.0. The van der Waals surface area contributed by atoms with Crippen molar-refractivity contribution < 1.29 is 27.4 Å². The van der Waals surface area contributed by atoms with Crippen LogP contribution in [0.1, 0.15) is 24.5 Å². The first-order chi connectivity index (χ1) is 15.3. The lowest BCUT2D eigenvalue weighted by atomic mass is 9.86. The van der Waals surface area contributed by atoms with E-state index >= 15 is 0 Å². The zero-order valence-corrected chi connectivity index (χ0v) is 18.3. The maximum Gasteiger partial charge on any atom is 0.273 e. The molecule has 0 unspecified atom stereocenters. The first kappa shape index (κ1) is 22.6. The normalized spacial score (nSPS) is 23.0. The van der Waals surface area contributed by atoms with Gasteiger partial charge in [0.1, 0.15) is 34.3 Å². The molecule has 0 saturated carbocycles. The topological polar surface area (TPSA) is 77.1 Å². The second-order valence-electron chi connectivity index (χ2n) is 7.58. The Labute approximate surface area is 187 Å². The average molecular weight is 465 g/mol. The Kier molecular flexibility index (Phi) is 6.19. The molecule has 2 aliphatic rings. The molecule has 6 nitrogen and oxygen atoms in total. The van der Waals surface area contributed by atoms with Gasteiger partial charge in [0.25, 0.3) is 5.91 Å². The summed E-state index contributed by atoms with van der Waals surface area (Å²) in [5, 5.41) is 5.72. The lowest BCUT2D eigenvalue weighted by molar-refractivity contribution is -0.147. The van der Waals surface area contributed by atoms with E-state index in [-0.39, 0.29) is 23.8 Å². The minimum absolute atomic E-state index is 0.0920. The summed E-state index contributed by atoms with van der Waals surface area (Å²) < 4.78 is 54.0. The van der Waals surface area contributed by atoms with Crippen molar-refractivity contribution in [1.82, 2.24) is 5.01 Å². The van der Waals surface area contributed by atoms with Crippen molar-refractivity contribution in [3.63, 3.8) is 0 Å². The number of rotatable bonds is 5. The number of hydrogen-bond donors (Lipinski definition) is 1. The van der Waals surface area contributed by atoms with Crippen LogP contribution in [0, 0.1) is 23.4 Å². The molecule has 10 heteroatoms. The molecule has 0 aromatic heterocycles. The van der Waals surface area contributed by atoms with Gasteiger partial charge < -0.3 is 15.2 Å². The van der Waals surface area contributed by atoms with Crippen LogP contribution in [0.2, 0.25) is 0 Å². The highest BCUT2D eigenvalue weighted by molar-refractivity contribution is 8.15. The smallest absolute Gasteiger partial charge is 0.273 e. The van der Waals surface area contributed by atoms with Crippen LogP contribution in [-0.4, -0.2) is 42.3 Å². The molecule has 2 aromatic carbocycles. The minimum Gasteiger partial charge on any atom is -0.493 e. The fraction of sp³-hybridized carbons (Fsp3) is 0.364. The molecular formula is C22H22F3N3O3S. The van der Waals surface area contributed by atoms with Gasteiger partial charge in [0, 0.05) is 24.2 Å². The van der Waals surface area contributed by atoms with Gasteiger partial charge in [0.2, 0.25) is 0 Å². The molecule has 2 aliphatic heterocycles. The number of nitrogens with two attached hydrogens (primary N) is 1. The van der Waals surface area contributed by atoms with E-state index in [2.05, 4.69) is 5.10 Å². The molecule has 4 rings (SSSR count). The number of hydrazone groups is 1. The number of fused-ring (bicyclic) bond motifs is 2. The van der Waals surface area contributed by atoms with Gasteiger partial charge in [0.15, 0.2) is 4.87 Å². The minimum atomic E-state index is -1.27. The highest BCUT2D eigenvalue weighted by Gasteiger charge is 2.57. The molecule has 170 valence electrons. The van der Waals surface area contributed by atoms with E-state index in [9.17, 15) is 18.0 Å². The molecule has 1 spiro atoms. The van der Waals surface area contributed by atoms with Crippen molar-refractivity contribution in [2.24, 2.45) is 16.8 Å². The summed E-state index contributed by atoms with van der Waals surface area (Å²) in [6.45, 7) is 2.01. The third kappa shape index (κ3) is 3.66. The highest BCUT2D eigenvalue weighted by Crippen LogP contribution is 2.57. The summed E-state index contributed by atoms with van der Waals surface area (Å²) in [5.41, 5.74) is 6.13. The summed E-state index contributed by atoms with van der Waals surface area (Å²) in [6.07, 6.45) is -0.464. The molecule has 32 heavy (non-hydrogen) atoms. The Bertz CT molecular complexity index is 1080. The van der Waals surface area contributed by atoms with Gasteiger partial charge in [-0.3, -0.25) is 4.79 Å². The van der Waals surface area contributed by atoms with Crippen molar-refractivity contribution in [2.45, 2.75) is 24.3 Å². The molecule has 1 amide bonds. The Morgan fingerprint density at radius 1 is 1.31 bits per heavy atom. The molecule has 0 bridgehead atoms. The van der Waals surface area contributed by atoms with E-state index in [1.165, 1.54) is 30.3 Å². The van der Waals surface area contributed by atoms with Crippen molar-refractivity contribution in [3.8, 4) is 5.75 Å². The largest absolute Gasteiger partial charge is 0.493 e. The molecular weight excluding hydrogens is 443 g/mol. The van der Waals surface area contributed by atoms with E-state index in [0.717, 1.165) is 30.0 Å². The summed E-state index contributed by atoms with van der Waals surface area (Å²) in [7, 11) is 1.38. The van der Waals surface area contributed by atoms with Gasteiger partial charge in [-0.15, -0.1) is 0 Å². The van der Waals surface area contributed by atoms with Crippen molar-refractivity contribution in [1.29, 1.82) is 0 Å². The van der Waals surface area contributed by atoms with E-state index in [1.54, 1.807) is 6.92 Å². The predicted octanol–water partition coefficient (Wildman–Crippen LogP) is 3.59. The van der Waals surface area contributed by atoms with E-state index in [0.29, 0.717) is 17.7 Å². The molecule has 3 atom stereocenters. The Hall–Kier alpha value is -2.56. The van der Waals surface area contributed by atoms with Gasteiger partial charge in [-0.25, -0.2) is 18.2 Å². The Morgan fingerprint density at radius 2 is 2.03 bits per heavy atom. The molecule has 0 saturated heterocycles. The van der Waals surface area contributed by atoms with Crippen LogP contribution in [0.5, 0.6) is 5.75 Å². The SMILES string of the molecule is CO[C@@H](C)C(=O)N1N=C(c2cc(F)ccc2F)S[C@]12c1cc(F)ccc1OC[C@H]2CCN. The fourth-order valence-electron chi connectivity index (χ4n) is 3.97. The maximum atomic E-state index is 14.6. The number of thioether (sulfide) groups is 1. The molecule has 2 N–H and O–H groups in total. The number of amides is 1. The monoisotopic (exact) mass is 465 g/mol. The Morgan fingerprint density at radius 3 is 2.75 bits per heavy atom. The van der Waals surface area contributed by atoms with Crippen LogP contribution in [0.4, 0.5) is 13.2 Å². The number of benzene rings is 2. The zero-order valence-electron chi connectivity index (χ0n) is 17.5. The van der Waals surface area contributed by atoms with Crippen LogP contribution in [-0.2, 0) is 14.4 Å². The van der Waals surface area contributed by atoms with Crippen LogP contribution in [0.3, 0.4) is 0 Å². The van der Waals surface area contributed by atoms with E-state index in [1.807, 2.05) is 0 Å². The second-order valence-corrected chi connectivity index (χ2v) is 8.79. The lowest BCUT2D eigenvalue weighted by Gasteiger charge is -2.45. The summed E-state index contributed by atoms with van der Waals surface area (Å²) in [6, 6.07) is 7.04. The highest BCUT2D eigenvalue weighted by atomic mass is 32.2. The molecule has 0 aliphatic carbocycles. The lowest BCUT2D eigenvalue weighted by Crippen LogP contribution is -2.53. The summed E-state index contributed by atoms with van der Waals surface area (Å²) in [5.74, 6) is -2.40. The Balaban J connectivity index is 1.94. The second kappa shape index (κ2) is 8.76. The van der Waals surface area contributed by atoms with E-state index in [4.69, 9.17) is 15.2 Å². The third-order valence-corrected chi connectivity index (χ3v) is 7.19. The van der Waals surface area contributed by atoms with Crippen LogP contribution < -0.4 is 10.5 Å². The van der Waals surface area contributed by atoms with Gasteiger partial charge in [-0.05, 0) is 56.3 Å². The van der Waals surface area contributed by atoms with Crippen LogP contribution >= 0.6 is 11.8 Å². The molecule has 0 radical (unpaired) electrons. The molecule has 2 heterocycles. The van der Waals surface area contributed by atoms with Gasteiger partial charge >= 0.3 is 0 Å². The maximum absolute atomic E-state index is 14.6. The first-order valence-electron chi connectivity index (χ1n) is 10.0. The first-order valence-corrected chi connectivity index (χ1v) is 10.9. The van der Waals surface area contributed by atoms with Gasteiger partial charge in [-0.1, -0.05) is 11.8 Å². The van der Waals surface area contributed by atoms with Gasteiger partial charge in [0.05, 0.1) is 6.61 Å². The molecule has 0 fully saturated rings. The fourth-order valence-corrected chi connectivity index (χ4v) is 5.49. The number of carbonyl (C=O) groups is 1. The standard InChI is InChI=1S/C22H22F3N3O3S/c1-12(30-2)21(29)28-22(32-20(27-28)16-9-14(23)3-5-18(16)25)13(7-8-26)11-31-19-6-4-15(24)10-17(19)22/h3-6,9-10,12-13H,7-8,11,26H2,1-2H3/t12-,13+,22+/m0/s1. The van der Waals surface area contributed by atoms with Crippen LogP contribution in [0.15, 0.2) is 41.5 Å². The molecule has 2 aromatic rings.